The molecule has 3 rings (SSSR count). The minimum atomic E-state index is -1.88. The standard InChI is InChI=1S/C24H38O4Si/c1-20(2,3)24-22(7,8)17-25-23(24,27-28-24)15-14-18-12-11-13-19(16-18)26-29(9,10)21(4,5)6/h11-16H,17H2,1-10H3/b15-14-. The summed E-state index contributed by atoms with van der Waals surface area (Å²) in [4.78, 5) is 11.5. The van der Waals surface area contributed by atoms with E-state index in [1.54, 1.807) is 0 Å². The summed E-state index contributed by atoms with van der Waals surface area (Å²) in [5, 5.41) is 0.157. The lowest BCUT2D eigenvalue weighted by molar-refractivity contribution is -0.601. The normalized spacial score (nSPS) is 29.6. The molecule has 0 saturated carbocycles. The van der Waals surface area contributed by atoms with E-state index in [1.807, 2.05) is 18.2 Å². The molecule has 0 radical (unpaired) electrons. The van der Waals surface area contributed by atoms with E-state index in [0.717, 1.165) is 11.3 Å². The first-order chi connectivity index (χ1) is 13.1. The van der Waals surface area contributed by atoms with E-state index in [0.29, 0.717) is 6.61 Å². The van der Waals surface area contributed by atoms with E-state index in [2.05, 4.69) is 86.7 Å². The molecule has 5 heteroatoms. The Balaban J connectivity index is 1.88. The summed E-state index contributed by atoms with van der Waals surface area (Å²) in [5.74, 6) is 0.0437. The largest absolute Gasteiger partial charge is 0.543 e. The van der Waals surface area contributed by atoms with Crippen LogP contribution < -0.4 is 4.43 Å². The van der Waals surface area contributed by atoms with Gasteiger partial charge in [-0.2, -0.15) is 4.89 Å². The van der Waals surface area contributed by atoms with Gasteiger partial charge >= 0.3 is 0 Å². The van der Waals surface area contributed by atoms with Crippen LogP contribution in [0, 0.1) is 10.8 Å². The Kier molecular flexibility index (Phi) is 5.19. The maximum Gasteiger partial charge on any atom is 0.254 e. The average molecular weight is 419 g/mol. The zero-order chi connectivity index (χ0) is 21.9. The van der Waals surface area contributed by atoms with Crippen molar-refractivity contribution in [3.63, 3.8) is 0 Å². The van der Waals surface area contributed by atoms with Gasteiger partial charge < -0.3 is 9.16 Å². The number of rotatable bonds is 4. The predicted octanol–water partition coefficient (Wildman–Crippen LogP) is 6.58. The highest BCUT2D eigenvalue weighted by Gasteiger charge is 2.79. The molecule has 2 heterocycles. The van der Waals surface area contributed by atoms with Crippen LogP contribution in [0.1, 0.15) is 61.0 Å². The third kappa shape index (κ3) is 3.40. The maximum atomic E-state index is 6.46. The van der Waals surface area contributed by atoms with Gasteiger partial charge in [-0.15, -0.1) is 0 Å². The molecule has 0 N–H and O–H groups in total. The smallest absolute Gasteiger partial charge is 0.254 e. The molecule has 2 aliphatic rings. The summed E-state index contributed by atoms with van der Waals surface area (Å²) in [7, 11) is -1.88. The fourth-order valence-electron chi connectivity index (χ4n) is 4.50. The van der Waals surface area contributed by atoms with Crippen LogP contribution in [0.25, 0.3) is 6.08 Å². The molecule has 2 fully saturated rings. The van der Waals surface area contributed by atoms with Crippen molar-refractivity contribution < 1.29 is 18.9 Å². The summed E-state index contributed by atoms with van der Waals surface area (Å²) in [6, 6.07) is 8.23. The Hall–Kier alpha value is -1.14. The molecular formula is C24H38O4Si. The Morgan fingerprint density at radius 1 is 1.03 bits per heavy atom. The quantitative estimate of drug-likeness (QED) is 0.408. The molecule has 0 bridgehead atoms. The Morgan fingerprint density at radius 3 is 2.21 bits per heavy atom. The predicted molar refractivity (Wildman–Crippen MR) is 120 cm³/mol. The molecule has 0 aliphatic carbocycles. The van der Waals surface area contributed by atoms with E-state index in [1.165, 1.54) is 0 Å². The van der Waals surface area contributed by atoms with Crippen molar-refractivity contribution in [1.82, 2.24) is 0 Å². The Labute approximate surface area is 177 Å². The van der Waals surface area contributed by atoms with Crippen molar-refractivity contribution in [2.24, 2.45) is 10.8 Å². The maximum absolute atomic E-state index is 6.46. The lowest BCUT2D eigenvalue weighted by atomic mass is 9.58. The SMILES string of the molecule is CC(C)(C)C12OOC1(/C=C\c1cccc(O[Si](C)(C)C(C)(C)C)c1)OCC2(C)C. The van der Waals surface area contributed by atoms with Gasteiger partial charge in [0.25, 0.3) is 5.79 Å². The topological polar surface area (TPSA) is 36.9 Å². The minimum Gasteiger partial charge on any atom is -0.543 e. The van der Waals surface area contributed by atoms with Crippen molar-refractivity contribution >= 4 is 14.4 Å². The lowest BCUT2D eigenvalue weighted by Gasteiger charge is -2.60. The first-order valence-electron chi connectivity index (χ1n) is 10.6. The fourth-order valence-corrected chi connectivity index (χ4v) is 5.52. The highest BCUT2D eigenvalue weighted by molar-refractivity contribution is 6.74. The monoisotopic (exact) mass is 418 g/mol. The van der Waals surface area contributed by atoms with Crippen molar-refractivity contribution in [3.8, 4) is 5.75 Å². The molecule has 4 nitrogen and oxygen atoms in total. The van der Waals surface area contributed by atoms with Crippen molar-refractivity contribution in [1.29, 1.82) is 0 Å². The van der Waals surface area contributed by atoms with Crippen LogP contribution in [0.4, 0.5) is 0 Å². The second kappa shape index (κ2) is 6.68. The van der Waals surface area contributed by atoms with Crippen molar-refractivity contribution in [2.45, 2.75) is 84.9 Å². The lowest BCUT2D eigenvalue weighted by Crippen LogP contribution is -2.74. The zero-order valence-corrected chi connectivity index (χ0v) is 20.8. The van der Waals surface area contributed by atoms with Gasteiger partial charge in [0.2, 0.25) is 8.32 Å². The average Bonchev–Trinajstić information content (AvgIpc) is 2.66. The molecular weight excluding hydrogens is 380 g/mol. The van der Waals surface area contributed by atoms with Gasteiger partial charge in [0, 0.05) is 10.8 Å². The molecule has 2 aliphatic heterocycles. The van der Waals surface area contributed by atoms with Gasteiger partial charge in [-0.05, 0) is 41.9 Å². The Bertz CT molecular complexity index is 800. The molecule has 0 spiro atoms. The molecule has 2 unspecified atom stereocenters. The van der Waals surface area contributed by atoms with Crippen LogP contribution in [-0.4, -0.2) is 26.3 Å². The van der Waals surface area contributed by atoms with Crippen molar-refractivity contribution in [3.05, 3.63) is 35.9 Å². The molecule has 0 aromatic heterocycles. The summed E-state index contributed by atoms with van der Waals surface area (Å²) in [5.41, 5.74) is 0.199. The molecule has 162 valence electrons. The Morgan fingerprint density at radius 2 is 1.69 bits per heavy atom. The first kappa shape index (κ1) is 22.5. The number of hydrogen-bond acceptors (Lipinski definition) is 4. The summed E-state index contributed by atoms with van der Waals surface area (Å²) in [6.45, 7) is 22.8. The number of fused-ring (bicyclic) bond motifs is 1. The highest BCUT2D eigenvalue weighted by atomic mass is 28.4. The summed E-state index contributed by atoms with van der Waals surface area (Å²) in [6.07, 6.45) is 4.07. The van der Waals surface area contributed by atoms with E-state index in [-0.39, 0.29) is 15.9 Å². The molecule has 29 heavy (non-hydrogen) atoms. The fraction of sp³-hybridized carbons (Fsp3) is 0.667. The zero-order valence-electron chi connectivity index (χ0n) is 19.8. The number of hydrogen-bond donors (Lipinski definition) is 0. The van der Waals surface area contributed by atoms with Gasteiger partial charge in [0.05, 0.1) is 6.61 Å². The van der Waals surface area contributed by atoms with Crippen LogP contribution in [-0.2, 0) is 14.5 Å². The summed E-state index contributed by atoms with van der Waals surface area (Å²) >= 11 is 0. The van der Waals surface area contributed by atoms with Crippen LogP contribution in [0.2, 0.25) is 18.1 Å². The van der Waals surface area contributed by atoms with Crippen molar-refractivity contribution in [2.75, 3.05) is 6.61 Å². The highest BCUT2D eigenvalue weighted by Crippen LogP contribution is 2.65. The van der Waals surface area contributed by atoms with E-state index < -0.39 is 19.7 Å². The van der Waals surface area contributed by atoms with Crippen LogP contribution >= 0.6 is 0 Å². The third-order valence-electron chi connectivity index (χ3n) is 6.97. The second-order valence-electron chi connectivity index (χ2n) is 11.7. The molecule has 1 aromatic rings. The van der Waals surface area contributed by atoms with Gasteiger partial charge in [0.15, 0.2) is 5.60 Å². The van der Waals surface area contributed by atoms with Crippen LogP contribution in [0.15, 0.2) is 30.3 Å². The molecule has 1 aromatic carbocycles. The van der Waals surface area contributed by atoms with Crippen LogP contribution in [0.5, 0.6) is 5.75 Å². The number of ether oxygens (including phenoxy) is 1. The molecule has 2 saturated heterocycles. The van der Waals surface area contributed by atoms with Gasteiger partial charge in [-0.25, -0.2) is 4.89 Å². The first-order valence-corrected chi connectivity index (χ1v) is 13.5. The van der Waals surface area contributed by atoms with E-state index >= 15 is 0 Å². The molecule has 2 atom stereocenters. The van der Waals surface area contributed by atoms with E-state index in [9.17, 15) is 0 Å². The second-order valence-corrected chi connectivity index (χ2v) is 16.4. The van der Waals surface area contributed by atoms with E-state index in [4.69, 9.17) is 18.9 Å². The molecule has 0 amide bonds. The third-order valence-corrected chi connectivity index (χ3v) is 11.3. The van der Waals surface area contributed by atoms with Crippen LogP contribution in [0.3, 0.4) is 0 Å². The number of benzene rings is 1. The van der Waals surface area contributed by atoms with Gasteiger partial charge in [0.1, 0.15) is 5.75 Å². The summed E-state index contributed by atoms with van der Waals surface area (Å²) < 4.78 is 12.7. The van der Waals surface area contributed by atoms with Gasteiger partial charge in [-0.1, -0.05) is 73.6 Å². The minimum absolute atomic E-state index is 0.150. The van der Waals surface area contributed by atoms with Gasteiger partial charge in [-0.3, -0.25) is 0 Å².